The zero-order chi connectivity index (χ0) is 13.9. The fourth-order valence-corrected chi connectivity index (χ4v) is 3.37. The van der Waals surface area contributed by atoms with Crippen molar-refractivity contribution in [3.05, 3.63) is 0 Å². The first kappa shape index (κ1) is 15.4. The van der Waals surface area contributed by atoms with E-state index in [0.717, 1.165) is 0 Å². The largest absolute Gasteiger partial charge is 0.481 e. The van der Waals surface area contributed by atoms with E-state index in [1.807, 2.05) is 20.8 Å². The molecule has 1 heterocycles. The Morgan fingerprint density at radius 3 is 2.17 bits per heavy atom. The maximum absolute atomic E-state index is 12.0. The van der Waals surface area contributed by atoms with Crippen LogP contribution in [-0.4, -0.2) is 42.9 Å². The van der Waals surface area contributed by atoms with Crippen molar-refractivity contribution in [1.29, 1.82) is 0 Å². The van der Waals surface area contributed by atoms with Gasteiger partial charge in [0.05, 0.1) is 5.92 Å². The molecule has 18 heavy (non-hydrogen) atoms. The van der Waals surface area contributed by atoms with Gasteiger partial charge in [-0.3, -0.25) is 4.79 Å². The third-order valence-electron chi connectivity index (χ3n) is 3.48. The molecule has 1 aliphatic heterocycles. The second-order valence-electron chi connectivity index (χ2n) is 5.17. The Balaban J connectivity index is 2.58. The molecule has 0 spiro atoms. The van der Waals surface area contributed by atoms with Crippen LogP contribution in [0.4, 0.5) is 0 Å². The van der Waals surface area contributed by atoms with Crippen LogP contribution < -0.4 is 4.72 Å². The number of hydrogen-bond donors (Lipinski definition) is 2. The smallest absolute Gasteiger partial charge is 0.306 e. The molecule has 0 radical (unpaired) electrons. The Kier molecular flexibility index (Phi) is 5.12. The van der Waals surface area contributed by atoms with Crippen LogP contribution in [0, 0.1) is 11.8 Å². The summed E-state index contributed by atoms with van der Waals surface area (Å²) in [6.45, 7) is 6.27. The van der Waals surface area contributed by atoms with Crippen LogP contribution in [0.1, 0.15) is 33.6 Å². The summed E-state index contributed by atoms with van der Waals surface area (Å²) in [4.78, 5) is 10.8. The lowest BCUT2D eigenvalue weighted by atomic mass is 9.99. The van der Waals surface area contributed by atoms with Gasteiger partial charge in [-0.25, -0.2) is 0 Å². The van der Waals surface area contributed by atoms with Gasteiger partial charge < -0.3 is 5.11 Å². The van der Waals surface area contributed by atoms with E-state index in [1.165, 1.54) is 4.31 Å². The molecule has 0 aromatic heterocycles. The van der Waals surface area contributed by atoms with Gasteiger partial charge in [-0.15, -0.1) is 0 Å². The van der Waals surface area contributed by atoms with Gasteiger partial charge in [0.15, 0.2) is 0 Å². The molecule has 0 aromatic carbocycles. The van der Waals surface area contributed by atoms with E-state index in [-0.39, 0.29) is 25.0 Å². The predicted octanol–water partition coefficient (Wildman–Crippen LogP) is 0.662. The molecule has 1 fully saturated rings. The molecular weight excluding hydrogens is 256 g/mol. The molecule has 7 heteroatoms. The highest BCUT2D eigenvalue weighted by Crippen LogP contribution is 2.19. The van der Waals surface area contributed by atoms with Crippen molar-refractivity contribution >= 4 is 16.2 Å². The van der Waals surface area contributed by atoms with Gasteiger partial charge in [0.1, 0.15) is 0 Å². The molecule has 1 atom stereocenters. The van der Waals surface area contributed by atoms with Crippen molar-refractivity contribution in [2.45, 2.75) is 39.7 Å². The molecule has 0 aromatic rings. The highest BCUT2D eigenvalue weighted by atomic mass is 32.2. The van der Waals surface area contributed by atoms with Crippen molar-refractivity contribution in [3.63, 3.8) is 0 Å². The molecule has 0 amide bonds. The number of nitrogens with zero attached hydrogens (tertiary/aromatic N) is 1. The van der Waals surface area contributed by atoms with Gasteiger partial charge in [-0.1, -0.05) is 13.8 Å². The zero-order valence-electron chi connectivity index (χ0n) is 11.1. The first-order valence-corrected chi connectivity index (χ1v) is 7.68. The molecule has 1 rings (SSSR count). The molecular formula is C11H22N2O4S. The molecule has 1 aliphatic rings. The lowest BCUT2D eigenvalue weighted by molar-refractivity contribution is -0.142. The molecule has 106 valence electrons. The van der Waals surface area contributed by atoms with Crippen molar-refractivity contribution in [3.8, 4) is 0 Å². The number of nitrogens with one attached hydrogen (secondary N) is 1. The average molecular weight is 278 g/mol. The summed E-state index contributed by atoms with van der Waals surface area (Å²) in [7, 11) is -3.49. The fraction of sp³-hybridized carbons (Fsp3) is 0.909. The molecule has 1 unspecified atom stereocenters. The highest BCUT2D eigenvalue weighted by Gasteiger charge is 2.31. The first-order valence-electron chi connectivity index (χ1n) is 6.24. The van der Waals surface area contributed by atoms with Crippen LogP contribution in [0.5, 0.6) is 0 Å². The molecule has 0 bridgehead atoms. The molecule has 2 N–H and O–H groups in total. The summed E-state index contributed by atoms with van der Waals surface area (Å²) >= 11 is 0. The topological polar surface area (TPSA) is 86.7 Å². The Bertz CT molecular complexity index is 386. The van der Waals surface area contributed by atoms with E-state index in [2.05, 4.69) is 4.72 Å². The van der Waals surface area contributed by atoms with E-state index >= 15 is 0 Å². The zero-order valence-corrected chi connectivity index (χ0v) is 11.9. The standard InChI is InChI=1S/C11H22N2O4S/c1-8(2)9(3)12-18(16,17)13-6-4-10(5-7-13)11(14)15/h8-10,12H,4-7H2,1-3H3,(H,14,15). The van der Waals surface area contributed by atoms with Crippen LogP contribution in [0.3, 0.4) is 0 Å². The van der Waals surface area contributed by atoms with Crippen molar-refractivity contribution in [2.24, 2.45) is 11.8 Å². The monoisotopic (exact) mass is 278 g/mol. The lowest BCUT2D eigenvalue weighted by Crippen LogP contribution is -2.49. The summed E-state index contributed by atoms with van der Waals surface area (Å²) in [6.07, 6.45) is 0.763. The molecule has 0 aliphatic carbocycles. The Hall–Kier alpha value is -0.660. The minimum Gasteiger partial charge on any atom is -0.481 e. The number of piperidine rings is 1. The summed E-state index contributed by atoms with van der Waals surface area (Å²) in [6, 6.07) is -0.132. The van der Waals surface area contributed by atoms with Crippen molar-refractivity contribution in [1.82, 2.24) is 9.03 Å². The van der Waals surface area contributed by atoms with Crippen molar-refractivity contribution < 1.29 is 18.3 Å². The van der Waals surface area contributed by atoms with E-state index in [9.17, 15) is 13.2 Å². The van der Waals surface area contributed by atoms with Gasteiger partial charge in [0.2, 0.25) is 0 Å². The number of aliphatic carboxylic acids is 1. The Morgan fingerprint density at radius 1 is 1.28 bits per heavy atom. The Labute approximate surface area is 109 Å². The van der Waals surface area contributed by atoms with Gasteiger partial charge >= 0.3 is 5.97 Å². The Morgan fingerprint density at radius 2 is 1.78 bits per heavy atom. The SMILES string of the molecule is CC(C)C(C)NS(=O)(=O)N1CCC(C(=O)O)CC1. The van der Waals surface area contributed by atoms with Crippen LogP contribution >= 0.6 is 0 Å². The number of rotatable bonds is 5. The molecule has 6 nitrogen and oxygen atoms in total. The second kappa shape index (κ2) is 5.99. The van der Waals surface area contributed by atoms with E-state index in [4.69, 9.17) is 5.11 Å². The third kappa shape index (κ3) is 3.93. The van der Waals surface area contributed by atoms with Crippen LogP contribution in [0.25, 0.3) is 0 Å². The lowest BCUT2D eigenvalue weighted by Gasteiger charge is -2.31. The fourth-order valence-electron chi connectivity index (χ4n) is 1.79. The third-order valence-corrected chi connectivity index (χ3v) is 5.19. The summed E-state index contributed by atoms with van der Waals surface area (Å²) in [5.41, 5.74) is 0. The minimum atomic E-state index is -3.49. The van der Waals surface area contributed by atoms with Gasteiger partial charge in [0, 0.05) is 19.1 Å². The first-order chi connectivity index (χ1) is 8.24. The normalized spacial score (nSPS) is 21.1. The summed E-state index contributed by atoms with van der Waals surface area (Å²) < 4.78 is 28.0. The quantitative estimate of drug-likeness (QED) is 0.773. The molecule has 1 saturated heterocycles. The van der Waals surface area contributed by atoms with E-state index in [0.29, 0.717) is 12.8 Å². The second-order valence-corrected chi connectivity index (χ2v) is 6.87. The van der Waals surface area contributed by atoms with Crippen LogP contribution in [-0.2, 0) is 15.0 Å². The predicted molar refractivity (Wildman–Crippen MR) is 68.3 cm³/mol. The highest BCUT2D eigenvalue weighted by molar-refractivity contribution is 7.87. The van der Waals surface area contributed by atoms with Gasteiger partial charge in [-0.05, 0) is 25.7 Å². The molecule has 0 saturated carbocycles. The number of hydrogen-bond acceptors (Lipinski definition) is 3. The average Bonchev–Trinajstić information content (AvgIpc) is 2.28. The number of carboxylic acid groups (broad SMARTS) is 1. The maximum Gasteiger partial charge on any atom is 0.306 e. The van der Waals surface area contributed by atoms with Crippen LogP contribution in [0.2, 0.25) is 0 Å². The number of carboxylic acids is 1. The van der Waals surface area contributed by atoms with Crippen LogP contribution in [0.15, 0.2) is 0 Å². The number of carbonyl (C=O) groups is 1. The minimum absolute atomic E-state index is 0.132. The van der Waals surface area contributed by atoms with Gasteiger partial charge in [-0.2, -0.15) is 17.4 Å². The maximum atomic E-state index is 12.0. The van der Waals surface area contributed by atoms with E-state index in [1.54, 1.807) is 0 Å². The van der Waals surface area contributed by atoms with E-state index < -0.39 is 22.1 Å². The van der Waals surface area contributed by atoms with Gasteiger partial charge in [0.25, 0.3) is 10.2 Å². The summed E-state index contributed by atoms with van der Waals surface area (Å²) in [5.74, 6) is -1.04. The summed E-state index contributed by atoms with van der Waals surface area (Å²) in [5, 5.41) is 8.86. The van der Waals surface area contributed by atoms with Crippen molar-refractivity contribution in [2.75, 3.05) is 13.1 Å².